The number of aryl methyl sites for hydroxylation is 2. The second-order valence-electron chi connectivity index (χ2n) is 7.46. The molecule has 4 nitrogen and oxygen atoms in total. The highest BCUT2D eigenvalue weighted by Gasteiger charge is 2.29. The molecule has 0 bridgehead atoms. The van der Waals surface area contributed by atoms with Crippen molar-refractivity contribution in [3.63, 3.8) is 0 Å². The van der Waals surface area contributed by atoms with E-state index < -0.39 is 0 Å². The molecule has 1 aromatic heterocycles. The zero-order chi connectivity index (χ0) is 18.7. The zero-order valence-electron chi connectivity index (χ0n) is 16.2. The van der Waals surface area contributed by atoms with E-state index in [-0.39, 0.29) is 12.0 Å². The van der Waals surface area contributed by atoms with Gasteiger partial charge in [-0.3, -0.25) is 4.79 Å². The van der Waals surface area contributed by atoms with Crippen molar-refractivity contribution in [1.29, 1.82) is 0 Å². The van der Waals surface area contributed by atoms with Crippen LogP contribution in [0.1, 0.15) is 36.6 Å². The number of thiazole rings is 1. The van der Waals surface area contributed by atoms with Gasteiger partial charge in [-0.05, 0) is 51.2 Å². The van der Waals surface area contributed by atoms with Crippen LogP contribution in [0.3, 0.4) is 0 Å². The van der Waals surface area contributed by atoms with Crippen molar-refractivity contribution in [2.75, 3.05) is 25.0 Å². The largest absolute Gasteiger partial charge is 0.348 e. The molecule has 140 valence electrons. The first-order valence-electron chi connectivity index (χ1n) is 9.44. The van der Waals surface area contributed by atoms with Crippen molar-refractivity contribution in [3.05, 3.63) is 46.5 Å². The number of hydrogen-bond acceptors (Lipinski definition) is 4. The molecule has 1 atom stereocenters. The quantitative estimate of drug-likeness (QED) is 0.795. The summed E-state index contributed by atoms with van der Waals surface area (Å²) in [6, 6.07) is 8.66. The van der Waals surface area contributed by atoms with Crippen LogP contribution in [0.4, 0.5) is 5.13 Å². The first-order valence-corrected chi connectivity index (χ1v) is 10.3. The predicted octanol–water partition coefficient (Wildman–Crippen LogP) is 4.07. The molecule has 0 spiro atoms. The highest BCUT2D eigenvalue weighted by atomic mass is 32.1. The van der Waals surface area contributed by atoms with Crippen molar-refractivity contribution in [2.45, 2.75) is 46.1 Å². The Morgan fingerprint density at radius 2 is 2.00 bits per heavy atom. The number of carbonyl (C=O) groups excluding carboxylic acids is 1. The third kappa shape index (κ3) is 4.26. The number of rotatable bonds is 5. The van der Waals surface area contributed by atoms with Gasteiger partial charge in [0, 0.05) is 37.5 Å². The second-order valence-corrected chi connectivity index (χ2v) is 8.30. The van der Waals surface area contributed by atoms with Crippen molar-refractivity contribution in [2.24, 2.45) is 5.92 Å². The Morgan fingerprint density at radius 1 is 1.31 bits per heavy atom. The van der Waals surface area contributed by atoms with Crippen LogP contribution in [0.15, 0.2) is 29.6 Å². The highest BCUT2D eigenvalue weighted by Crippen LogP contribution is 2.27. The number of benzene rings is 1. The summed E-state index contributed by atoms with van der Waals surface area (Å²) in [6.45, 7) is 8.16. The van der Waals surface area contributed by atoms with E-state index in [0.717, 1.165) is 43.2 Å². The van der Waals surface area contributed by atoms with Gasteiger partial charge in [-0.1, -0.05) is 24.3 Å². The molecular formula is C21H29N3OS. The molecule has 0 saturated carbocycles. The van der Waals surface area contributed by atoms with Crippen LogP contribution in [0, 0.1) is 19.8 Å². The van der Waals surface area contributed by atoms with E-state index in [1.165, 1.54) is 11.1 Å². The topological polar surface area (TPSA) is 36.4 Å². The van der Waals surface area contributed by atoms with Gasteiger partial charge in [0.15, 0.2) is 5.13 Å². The third-order valence-electron chi connectivity index (χ3n) is 5.51. The maximum Gasteiger partial charge on any atom is 0.225 e. The molecule has 0 unspecified atom stereocenters. The Hall–Kier alpha value is -1.88. The Morgan fingerprint density at radius 3 is 2.62 bits per heavy atom. The van der Waals surface area contributed by atoms with Crippen LogP contribution >= 0.6 is 11.3 Å². The minimum Gasteiger partial charge on any atom is -0.348 e. The number of likely N-dealkylation sites (N-methyl/N-ethyl adjacent to an activating group) is 1. The van der Waals surface area contributed by atoms with Gasteiger partial charge >= 0.3 is 0 Å². The number of piperidine rings is 1. The van der Waals surface area contributed by atoms with Gasteiger partial charge in [-0.2, -0.15) is 0 Å². The van der Waals surface area contributed by atoms with Crippen molar-refractivity contribution in [3.8, 4) is 0 Å². The van der Waals surface area contributed by atoms with E-state index in [1.54, 1.807) is 11.3 Å². The van der Waals surface area contributed by atoms with Gasteiger partial charge in [0.25, 0.3) is 0 Å². The summed E-state index contributed by atoms with van der Waals surface area (Å²) in [7, 11) is 1.96. The summed E-state index contributed by atoms with van der Waals surface area (Å²) in [6.07, 6.45) is 2.74. The molecule has 1 fully saturated rings. The predicted molar refractivity (Wildman–Crippen MR) is 109 cm³/mol. The maximum atomic E-state index is 13.0. The highest BCUT2D eigenvalue weighted by molar-refractivity contribution is 7.13. The normalized spacial score (nSPS) is 16.5. The van der Waals surface area contributed by atoms with E-state index >= 15 is 0 Å². The molecule has 1 aliphatic rings. The molecule has 0 aliphatic carbocycles. The molecule has 26 heavy (non-hydrogen) atoms. The molecule has 1 aliphatic heterocycles. The van der Waals surface area contributed by atoms with Gasteiger partial charge in [-0.15, -0.1) is 11.3 Å². The summed E-state index contributed by atoms with van der Waals surface area (Å²) >= 11 is 1.70. The van der Waals surface area contributed by atoms with E-state index in [4.69, 9.17) is 0 Å². The van der Waals surface area contributed by atoms with E-state index in [1.807, 2.05) is 18.9 Å². The minimum atomic E-state index is 0.136. The third-order valence-corrected chi connectivity index (χ3v) is 6.53. The lowest BCUT2D eigenvalue weighted by Crippen LogP contribution is -2.44. The van der Waals surface area contributed by atoms with Crippen LogP contribution in [-0.2, 0) is 11.2 Å². The fraction of sp³-hybridized carbons (Fsp3) is 0.524. The minimum absolute atomic E-state index is 0.136. The monoisotopic (exact) mass is 371 g/mol. The first-order chi connectivity index (χ1) is 12.5. The smallest absolute Gasteiger partial charge is 0.225 e. The van der Waals surface area contributed by atoms with Gasteiger partial charge in [0.05, 0.1) is 5.69 Å². The van der Waals surface area contributed by atoms with Crippen molar-refractivity contribution >= 4 is 22.4 Å². The van der Waals surface area contributed by atoms with E-state index in [0.29, 0.717) is 5.91 Å². The number of aromatic nitrogens is 1. The standard InChI is InChI=1S/C21H29N3OS/c1-15-7-5-6-8-19(15)13-17(3)23(4)20(25)18-9-11-24(12-10-18)21-22-16(2)14-26-21/h5-8,14,17-18H,9-13H2,1-4H3/t17-/m0/s1. The fourth-order valence-corrected chi connectivity index (χ4v) is 4.46. The Kier molecular flexibility index (Phi) is 5.97. The summed E-state index contributed by atoms with van der Waals surface area (Å²) in [5, 5.41) is 3.18. The molecule has 2 heterocycles. The number of hydrogen-bond donors (Lipinski definition) is 0. The van der Waals surface area contributed by atoms with Crippen LogP contribution in [0.2, 0.25) is 0 Å². The average Bonchev–Trinajstić information content (AvgIpc) is 3.09. The number of carbonyl (C=O) groups is 1. The number of amides is 1. The molecule has 1 aromatic carbocycles. The second kappa shape index (κ2) is 8.21. The van der Waals surface area contributed by atoms with Crippen LogP contribution < -0.4 is 4.90 Å². The molecule has 3 rings (SSSR count). The molecule has 1 amide bonds. The van der Waals surface area contributed by atoms with Crippen molar-refractivity contribution in [1.82, 2.24) is 9.88 Å². The summed E-state index contributed by atoms with van der Waals surface area (Å²) < 4.78 is 0. The zero-order valence-corrected chi connectivity index (χ0v) is 17.1. The number of nitrogens with zero attached hydrogens (tertiary/aromatic N) is 3. The number of anilines is 1. The maximum absolute atomic E-state index is 13.0. The Labute approximate surface area is 160 Å². The van der Waals surface area contributed by atoms with Crippen LogP contribution in [0.5, 0.6) is 0 Å². The molecule has 1 saturated heterocycles. The summed E-state index contributed by atoms with van der Waals surface area (Å²) in [5.74, 6) is 0.428. The van der Waals surface area contributed by atoms with Gasteiger partial charge in [0.2, 0.25) is 5.91 Å². The van der Waals surface area contributed by atoms with E-state index in [2.05, 4.69) is 53.4 Å². The first kappa shape index (κ1) is 18.9. The van der Waals surface area contributed by atoms with Gasteiger partial charge < -0.3 is 9.80 Å². The Balaban J connectivity index is 1.55. The molecule has 0 N–H and O–H groups in total. The van der Waals surface area contributed by atoms with Gasteiger partial charge in [0.1, 0.15) is 0 Å². The SMILES string of the molecule is Cc1csc(N2CCC(C(=O)N(C)[C@@H](C)Cc3ccccc3C)CC2)n1. The average molecular weight is 372 g/mol. The molecular weight excluding hydrogens is 342 g/mol. The summed E-state index contributed by atoms with van der Waals surface area (Å²) in [4.78, 5) is 21.8. The lowest BCUT2D eigenvalue weighted by Gasteiger charge is -2.35. The van der Waals surface area contributed by atoms with Crippen molar-refractivity contribution < 1.29 is 4.79 Å². The lowest BCUT2D eigenvalue weighted by molar-refractivity contribution is -0.136. The molecule has 2 aromatic rings. The Bertz CT molecular complexity index is 749. The summed E-state index contributed by atoms with van der Waals surface area (Å²) in [5.41, 5.74) is 3.70. The molecule has 0 radical (unpaired) electrons. The fourth-order valence-electron chi connectivity index (χ4n) is 3.60. The molecule has 5 heteroatoms. The lowest BCUT2D eigenvalue weighted by atomic mass is 9.94. The van der Waals surface area contributed by atoms with Crippen LogP contribution in [-0.4, -0.2) is 42.0 Å². The van der Waals surface area contributed by atoms with Gasteiger partial charge in [-0.25, -0.2) is 4.98 Å². The van der Waals surface area contributed by atoms with E-state index in [9.17, 15) is 4.79 Å². The van der Waals surface area contributed by atoms with Crippen LogP contribution in [0.25, 0.3) is 0 Å².